The van der Waals surface area contributed by atoms with E-state index in [2.05, 4.69) is 0 Å². The number of hydrogen-bond donors (Lipinski definition) is 2. The number of aliphatic hydroxyl groups is 1. The van der Waals surface area contributed by atoms with Gasteiger partial charge in [-0.2, -0.15) is 0 Å². The number of aromatic hydroxyl groups is 1. The number of benzene rings is 1. The molecule has 2 aromatic heterocycles. The minimum absolute atomic E-state index is 0.105. The first-order valence-corrected chi connectivity index (χ1v) is 9.70. The van der Waals surface area contributed by atoms with E-state index in [0.29, 0.717) is 46.4 Å². The van der Waals surface area contributed by atoms with Gasteiger partial charge in [0.1, 0.15) is 12.4 Å². The molecule has 0 unspecified atom stereocenters. The molecule has 2 N–H and O–H groups in total. The number of nitrogens with zero attached hydrogens (tertiary/aromatic N) is 2. The highest BCUT2D eigenvalue weighted by Crippen LogP contribution is 2.39. The van der Waals surface area contributed by atoms with Crippen LogP contribution >= 0.6 is 0 Å². The summed E-state index contributed by atoms with van der Waals surface area (Å²) in [6.07, 6.45) is 0.808. The number of cyclic esters (lactones) is 1. The van der Waals surface area contributed by atoms with Crippen molar-refractivity contribution in [2.45, 2.75) is 45.4 Å². The molecule has 1 atom stereocenters. The van der Waals surface area contributed by atoms with Gasteiger partial charge in [-0.3, -0.25) is 4.79 Å². The van der Waals surface area contributed by atoms with Crippen molar-refractivity contribution in [3.63, 3.8) is 0 Å². The zero-order chi connectivity index (χ0) is 20.5. The van der Waals surface area contributed by atoms with E-state index in [0.717, 1.165) is 11.1 Å². The Balaban J connectivity index is 1.78. The summed E-state index contributed by atoms with van der Waals surface area (Å²) >= 11 is 0. The fourth-order valence-electron chi connectivity index (χ4n) is 4.37. The number of carbonyl (C=O) groups is 1. The Morgan fingerprint density at radius 1 is 1.24 bits per heavy atom. The maximum atomic E-state index is 13.1. The molecule has 0 spiro atoms. The van der Waals surface area contributed by atoms with E-state index >= 15 is 0 Å². The third-order valence-electron chi connectivity index (χ3n) is 6.13. The van der Waals surface area contributed by atoms with Crippen LogP contribution in [0.4, 0.5) is 0 Å². The van der Waals surface area contributed by atoms with Gasteiger partial charge in [-0.1, -0.05) is 19.9 Å². The first kappa shape index (κ1) is 17.9. The Bertz CT molecular complexity index is 1280. The summed E-state index contributed by atoms with van der Waals surface area (Å²) in [5.41, 5.74) is 1.93. The van der Waals surface area contributed by atoms with Gasteiger partial charge in [0.2, 0.25) is 0 Å². The molecule has 0 amide bonds. The van der Waals surface area contributed by atoms with Gasteiger partial charge >= 0.3 is 5.97 Å². The topological polar surface area (TPSA) is 102 Å². The molecule has 2 aliphatic heterocycles. The van der Waals surface area contributed by atoms with Crippen LogP contribution in [0.2, 0.25) is 0 Å². The van der Waals surface area contributed by atoms with Crippen molar-refractivity contribution >= 4 is 16.9 Å². The Hall–Kier alpha value is -3.19. The van der Waals surface area contributed by atoms with Gasteiger partial charge in [0.15, 0.2) is 5.60 Å². The summed E-state index contributed by atoms with van der Waals surface area (Å²) in [5.74, 6) is -0.527. The fourth-order valence-corrected chi connectivity index (χ4v) is 4.37. The van der Waals surface area contributed by atoms with Crippen molar-refractivity contribution in [3.05, 3.63) is 56.9 Å². The molecule has 0 saturated carbocycles. The first-order valence-electron chi connectivity index (χ1n) is 9.70. The van der Waals surface area contributed by atoms with Crippen LogP contribution in [0.25, 0.3) is 22.3 Å². The van der Waals surface area contributed by atoms with E-state index in [9.17, 15) is 19.8 Å². The van der Waals surface area contributed by atoms with Gasteiger partial charge in [-0.15, -0.1) is 0 Å². The molecule has 5 rings (SSSR count). The molecule has 29 heavy (non-hydrogen) atoms. The lowest BCUT2D eigenvalue weighted by Gasteiger charge is -2.31. The van der Waals surface area contributed by atoms with Crippen molar-refractivity contribution in [1.29, 1.82) is 0 Å². The minimum atomic E-state index is -1.84. The molecule has 1 aromatic carbocycles. The van der Waals surface area contributed by atoms with E-state index in [1.165, 1.54) is 0 Å². The van der Waals surface area contributed by atoms with Crippen LogP contribution in [0, 0.1) is 0 Å². The smallest absolute Gasteiger partial charge is 0.343 e. The van der Waals surface area contributed by atoms with E-state index in [4.69, 9.17) is 9.72 Å². The summed E-state index contributed by atoms with van der Waals surface area (Å²) in [4.78, 5) is 30.0. The van der Waals surface area contributed by atoms with E-state index in [1.54, 1.807) is 17.6 Å². The number of ether oxygens (including phenoxy) is 1. The van der Waals surface area contributed by atoms with Crippen LogP contribution in [0.1, 0.15) is 42.5 Å². The summed E-state index contributed by atoms with van der Waals surface area (Å²) in [6, 6.07) is 7.25. The first-order chi connectivity index (χ1) is 13.9. The predicted molar refractivity (Wildman–Crippen MR) is 106 cm³/mol. The van der Waals surface area contributed by atoms with Crippen LogP contribution in [0.3, 0.4) is 0 Å². The average Bonchev–Trinajstić information content (AvgIpc) is 3.08. The Morgan fingerprint density at radius 3 is 2.76 bits per heavy atom. The largest absolute Gasteiger partial charge is 0.507 e. The van der Waals surface area contributed by atoms with Gasteiger partial charge in [0.25, 0.3) is 5.56 Å². The number of esters is 1. The zero-order valence-corrected chi connectivity index (χ0v) is 16.2. The second-order valence-electron chi connectivity index (χ2n) is 7.59. The molecule has 0 radical (unpaired) electrons. The number of rotatable bonds is 2. The zero-order valence-electron chi connectivity index (χ0n) is 16.2. The molecule has 0 aliphatic carbocycles. The highest BCUT2D eigenvalue weighted by atomic mass is 16.6. The van der Waals surface area contributed by atoms with Crippen LogP contribution in [-0.4, -0.2) is 25.7 Å². The minimum Gasteiger partial charge on any atom is -0.507 e. The summed E-state index contributed by atoms with van der Waals surface area (Å²) < 4.78 is 6.67. The quantitative estimate of drug-likeness (QED) is 0.508. The van der Waals surface area contributed by atoms with Crippen molar-refractivity contribution in [1.82, 2.24) is 9.55 Å². The fraction of sp³-hybridized carbons (Fsp3) is 0.318. The van der Waals surface area contributed by atoms with E-state index in [1.807, 2.05) is 25.1 Å². The van der Waals surface area contributed by atoms with Crippen LogP contribution in [0.5, 0.6) is 5.75 Å². The number of fused-ring (bicyclic) bond motifs is 5. The van der Waals surface area contributed by atoms with Crippen molar-refractivity contribution in [2.75, 3.05) is 0 Å². The highest BCUT2D eigenvalue weighted by Gasteiger charge is 2.45. The second kappa shape index (κ2) is 5.90. The molecular formula is C22H20N2O5. The molecule has 148 valence electrons. The normalized spacial score (nSPS) is 19.6. The molecule has 3 aromatic rings. The lowest BCUT2D eigenvalue weighted by molar-refractivity contribution is -0.172. The van der Waals surface area contributed by atoms with Crippen molar-refractivity contribution < 1.29 is 19.7 Å². The summed E-state index contributed by atoms with van der Waals surface area (Å²) in [5, 5.41) is 22.1. The maximum absolute atomic E-state index is 13.1. The van der Waals surface area contributed by atoms with Crippen LogP contribution in [0.15, 0.2) is 29.1 Å². The Morgan fingerprint density at radius 2 is 2.03 bits per heavy atom. The van der Waals surface area contributed by atoms with Crippen molar-refractivity contribution in [3.8, 4) is 17.1 Å². The molecular weight excluding hydrogens is 372 g/mol. The Labute approximate surface area is 166 Å². The Kier molecular flexibility index (Phi) is 3.64. The molecule has 0 saturated heterocycles. The molecule has 0 fully saturated rings. The monoisotopic (exact) mass is 392 g/mol. The number of phenolic OH excluding ortho intramolecular Hbond substituents is 1. The third-order valence-corrected chi connectivity index (χ3v) is 6.13. The molecule has 7 heteroatoms. The predicted octanol–water partition coefficient (Wildman–Crippen LogP) is 2.35. The summed E-state index contributed by atoms with van der Waals surface area (Å²) in [7, 11) is 0. The third kappa shape index (κ3) is 2.25. The van der Waals surface area contributed by atoms with Crippen LogP contribution in [-0.2, 0) is 34.7 Å². The van der Waals surface area contributed by atoms with Gasteiger partial charge in [0, 0.05) is 16.5 Å². The van der Waals surface area contributed by atoms with Crippen molar-refractivity contribution in [2.24, 2.45) is 0 Å². The number of carbonyl (C=O) groups excluding carboxylic acids is 1. The van der Waals surface area contributed by atoms with Gasteiger partial charge in [-0.25, -0.2) is 9.78 Å². The number of aromatic nitrogens is 2. The number of phenols is 1. The van der Waals surface area contributed by atoms with Gasteiger partial charge in [-0.05, 0) is 36.6 Å². The van der Waals surface area contributed by atoms with Crippen LogP contribution < -0.4 is 5.56 Å². The lowest BCUT2D eigenvalue weighted by Crippen LogP contribution is -2.44. The lowest BCUT2D eigenvalue weighted by atomic mass is 9.86. The van der Waals surface area contributed by atoms with E-state index < -0.39 is 11.6 Å². The molecule has 4 heterocycles. The highest BCUT2D eigenvalue weighted by molar-refractivity contribution is 5.90. The number of aryl methyl sites for hydroxylation is 1. The van der Waals surface area contributed by atoms with Gasteiger partial charge < -0.3 is 19.5 Å². The standard InChI is InChI=1S/C22H20N2O5/c1-3-11-5-6-16-13(19(11)25)7-12-9-24-17(18(12)23-16)8-15-14(20(24)26)10-29-21(27)22(15,28)4-2/h5-8,25,28H,3-4,9-10H2,1-2H3/t22-/m0/s1. The molecule has 2 aliphatic rings. The maximum Gasteiger partial charge on any atom is 0.343 e. The van der Waals surface area contributed by atoms with Gasteiger partial charge in [0.05, 0.1) is 29.0 Å². The molecule has 0 bridgehead atoms. The number of hydrogen-bond acceptors (Lipinski definition) is 6. The SMILES string of the molecule is CCc1ccc2nc3c(cc2c1O)Cn1c-3cc2c(c1=O)COC(=O)[C@]2(O)CC. The molecule has 7 nitrogen and oxygen atoms in total. The summed E-state index contributed by atoms with van der Waals surface area (Å²) in [6.45, 7) is 3.81. The average molecular weight is 392 g/mol. The second-order valence-corrected chi connectivity index (χ2v) is 7.59. The van der Waals surface area contributed by atoms with E-state index in [-0.39, 0.29) is 24.3 Å². The number of pyridine rings is 2.